The average molecular weight is 466 g/mol. The Morgan fingerprint density at radius 3 is 1.88 bits per heavy atom. The molecule has 0 heterocycles. The molecule has 0 spiro atoms. The van der Waals surface area contributed by atoms with E-state index in [0.717, 1.165) is 11.1 Å². The minimum atomic E-state index is -2.14. The van der Waals surface area contributed by atoms with Crippen LogP contribution in [0.25, 0.3) is 0 Å². The number of hydrogen-bond acceptors (Lipinski definition) is 1. The normalized spacial score (nSPS) is 12.0. The molecule has 0 aliphatic heterocycles. The molecule has 1 atom stereocenters. The van der Waals surface area contributed by atoms with Crippen LogP contribution in [-0.4, -0.2) is 0 Å². The molecule has 0 saturated heterocycles. The third kappa shape index (κ3) is 4.52. The van der Waals surface area contributed by atoms with Crippen LogP contribution in [0.15, 0.2) is 48.5 Å². The van der Waals surface area contributed by atoms with E-state index < -0.39 is 48.1 Å². The summed E-state index contributed by atoms with van der Waals surface area (Å²) in [5, 5.41) is -1.64. The second kappa shape index (κ2) is 9.99. The zero-order valence-electron chi connectivity index (χ0n) is 18.0. The monoisotopic (exact) mass is 466 g/mol. The first kappa shape index (κ1) is 24.2. The van der Waals surface area contributed by atoms with Gasteiger partial charge in [-0.1, -0.05) is 71.0 Å². The van der Waals surface area contributed by atoms with E-state index in [-0.39, 0.29) is 6.61 Å². The van der Waals surface area contributed by atoms with Gasteiger partial charge in [0.05, 0.1) is 5.30 Å². The van der Waals surface area contributed by atoms with Crippen molar-refractivity contribution in [3.63, 3.8) is 0 Å². The average Bonchev–Trinajstić information content (AvgIpc) is 2.82. The summed E-state index contributed by atoms with van der Waals surface area (Å²) in [5.74, 6) is -8.96. The lowest BCUT2D eigenvalue weighted by atomic mass is 9.90. The van der Waals surface area contributed by atoms with Crippen LogP contribution in [0.5, 0.6) is 5.75 Å². The quantitative estimate of drug-likeness (QED) is 0.147. The molecule has 0 aromatic heterocycles. The molecule has 1 unspecified atom stereocenters. The van der Waals surface area contributed by atoms with E-state index in [9.17, 15) is 22.0 Å². The number of rotatable bonds is 8. The summed E-state index contributed by atoms with van der Waals surface area (Å²) < 4.78 is 76.5. The molecule has 0 saturated carbocycles. The molecule has 3 aromatic carbocycles. The summed E-state index contributed by atoms with van der Waals surface area (Å²) in [6, 6.07) is 15.0. The van der Waals surface area contributed by atoms with Crippen molar-refractivity contribution in [3.8, 4) is 5.75 Å². The number of hydrogen-bond donors (Lipinski definition) is 0. The molecule has 0 aliphatic rings. The lowest BCUT2D eigenvalue weighted by molar-refractivity contribution is 0.296. The zero-order chi connectivity index (χ0) is 23.5. The lowest BCUT2D eigenvalue weighted by Gasteiger charge is -2.35. The largest absolute Gasteiger partial charge is 0.488 e. The molecule has 0 radical (unpaired) electrons. The maximum atomic E-state index is 14.5. The third-order valence-electron chi connectivity index (χ3n) is 5.73. The highest BCUT2D eigenvalue weighted by Gasteiger charge is 2.37. The highest BCUT2D eigenvalue weighted by Crippen LogP contribution is 2.51. The minimum Gasteiger partial charge on any atom is -0.488 e. The molecular formula is C25H24F5OP. The van der Waals surface area contributed by atoms with Gasteiger partial charge in [0.1, 0.15) is 12.4 Å². The molecule has 170 valence electrons. The van der Waals surface area contributed by atoms with Crippen LogP contribution >= 0.6 is 8.58 Å². The van der Waals surface area contributed by atoms with E-state index in [2.05, 4.69) is 0 Å². The Labute approximate surface area is 186 Å². The summed E-state index contributed by atoms with van der Waals surface area (Å²) in [6.45, 7) is 5.83. The standard InChI is InChI=1S/C25H24F5OP/c1-4-25(5-2,32-24-21(29)19(27)18(26)20(28)22(24)30)17-13-9-10-15(3)23(17)31-14-16-11-7-6-8-12-16/h6-13,32H,4-5,14H2,1-3H3. The Morgan fingerprint density at radius 1 is 0.750 bits per heavy atom. The van der Waals surface area contributed by atoms with Crippen molar-refractivity contribution in [1.82, 2.24) is 0 Å². The Kier molecular flexibility index (Phi) is 7.55. The molecule has 3 aromatic rings. The van der Waals surface area contributed by atoms with Gasteiger partial charge >= 0.3 is 0 Å². The zero-order valence-corrected chi connectivity index (χ0v) is 19.0. The van der Waals surface area contributed by atoms with E-state index in [1.165, 1.54) is 0 Å². The molecule has 7 heteroatoms. The number of aryl methyl sites for hydroxylation is 1. The Balaban J connectivity index is 2.09. The first-order valence-corrected chi connectivity index (χ1v) is 11.3. The molecule has 32 heavy (non-hydrogen) atoms. The highest BCUT2D eigenvalue weighted by molar-refractivity contribution is 7.48. The van der Waals surface area contributed by atoms with E-state index in [1.54, 1.807) is 6.07 Å². The van der Waals surface area contributed by atoms with E-state index in [1.807, 2.05) is 63.2 Å². The summed E-state index contributed by atoms with van der Waals surface area (Å²) >= 11 is 0. The predicted molar refractivity (Wildman–Crippen MR) is 118 cm³/mol. The van der Waals surface area contributed by atoms with Crippen molar-refractivity contribution < 1.29 is 26.7 Å². The lowest BCUT2D eigenvalue weighted by Crippen LogP contribution is -2.27. The molecule has 0 bridgehead atoms. The molecule has 0 aliphatic carbocycles. The maximum Gasteiger partial charge on any atom is 0.200 e. The smallest absolute Gasteiger partial charge is 0.200 e. The summed E-state index contributed by atoms with van der Waals surface area (Å²) in [7, 11) is -0.683. The third-order valence-corrected chi connectivity index (χ3v) is 7.88. The first-order chi connectivity index (χ1) is 15.3. The summed E-state index contributed by atoms with van der Waals surface area (Å²) in [6.07, 6.45) is 0.846. The van der Waals surface area contributed by atoms with Gasteiger partial charge in [0, 0.05) is 10.7 Å². The van der Waals surface area contributed by atoms with Crippen LogP contribution in [0.4, 0.5) is 22.0 Å². The van der Waals surface area contributed by atoms with Gasteiger partial charge in [-0.05, 0) is 30.9 Å². The molecule has 0 N–H and O–H groups in total. The first-order valence-electron chi connectivity index (χ1n) is 10.3. The van der Waals surface area contributed by atoms with Crippen molar-refractivity contribution in [2.45, 2.75) is 45.4 Å². The number of para-hydroxylation sites is 1. The molecule has 0 fully saturated rings. The van der Waals surface area contributed by atoms with Crippen molar-refractivity contribution in [2.75, 3.05) is 0 Å². The number of halogens is 5. The fourth-order valence-corrected chi connectivity index (χ4v) is 5.38. The second-order valence-corrected chi connectivity index (χ2v) is 9.29. The minimum absolute atomic E-state index is 0.286. The maximum absolute atomic E-state index is 14.5. The fourth-order valence-electron chi connectivity index (χ4n) is 3.78. The van der Waals surface area contributed by atoms with Crippen molar-refractivity contribution in [1.29, 1.82) is 0 Å². The van der Waals surface area contributed by atoms with Crippen LogP contribution in [0.3, 0.4) is 0 Å². The van der Waals surface area contributed by atoms with Crippen LogP contribution in [0.1, 0.15) is 43.4 Å². The molecule has 3 rings (SSSR count). The van der Waals surface area contributed by atoms with Gasteiger partial charge in [0.25, 0.3) is 0 Å². The Bertz CT molecular complexity index is 1070. The van der Waals surface area contributed by atoms with Gasteiger partial charge in [-0.3, -0.25) is 0 Å². The summed E-state index contributed by atoms with van der Waals surface area (Å²) in [5.41, 5.74) is 2.47. The molecule has 1 nitrogen and oxygen atoms in total. The molecular weight excluding hydrogens is 442 g/mol. The topological polar surface area (TPSA) is 9.23 Å². The van der Waals surface area contributed by atoms with Crippen molar-refractivity contribution in [2.24, 2.45) is 0 Å². The molecule has 0 amide bonds. The van der Waals surface area contributed by atoms with Gasteiger partial charge in [0.2, 0.25) is 5.82 Å². The van der Waals surface area contributed by atoms with Crippen molar-refractivity contribution >= 4 is 13.9 Å². The SMILES string of the molecule is CCC(CC)(Pc1c(F)c(F)c(F)c(F)c1F)c1cccc(C)c1OCc1ccccc1. The van der Waals surface area contributed by atoms with Crippen molar-refractivity contribution in [3.05, 3.63) is 94.3 Å². The van der Waals surface area contributed by atoms with E-state index in [0.29, 0.717) is 24.2 Å². The highest BCUT2D eigenvalue weighted by atomic mass is 31.1. The van der Waals surface area contributed by atoms with Gasteiger partial charge in [-0.15, -0.1) is 0 Å². The number of ether oxygens (including phenoxy) is 1. The van der Waals surface area contributed by atoms with Gasteiger partial charge in [0.15, 0.2) is 23.3 Å². The predicted octanol–water partition coefficient (Wildman–Crippen LogP) is 7.29. The Hall–Kier alpha value is -2.46. The second-order valence-electron chi connectivity index (χ2n) is 7.58. The number of benzene rings is 3. The van der Waals surface area contributed by atoms with Gasteiger partial charge < -0.3 is 4.74 Å². The summed E-state index contributed by atoms with van der Waals surface area (Å²) in [4.78, 5) is 0. The van der Waals surface area contributed by atoms with Crippen LogP contribution < -0.4 is 10.0 Å². The fraction of sp³-hybridized carbons (Fsp3) is 0.280. The van der Waals surface area contributed by atoms with E-state index in [4.69, 9.17) is 4.74 Å². The van der Waals surface area contributed by atoms with Gasteiger partial charge in [-0.2, -0.15) is 0 Å². The van der Waals surface area contributed by atoms with Gasteiger partial charge in [-0.25, -0.2) is 22.0 Å². The van der Waals surface area contributed by atoms with Crippen LogP contribution in [-0.2, 0) is 11.8 Å². The van der Waals surface area contributed by atoms with Crippen LogP contribution in [0, 0.1) is 36.0 Å². The van der Waals surface area contributed by atoms with E-state index >= 15 is 0 Å². The van der Waals surface area contributed by atoms with Crippen LogP contribution in [0.2, 0.25) is 0 Å². The Morgan fingerprint density at radius 2 is 1.31 bits per heavy atom.